The number of benzene rings is 6. The molecule has 0 saturated heterocycles. The molecule has 74 heavy (non-hydrogen) atoms. The van der Waals surface area contributed by atoms with Crippen LogP contribution in [-0.2, 0) is 6.54 Å². The monoisotopic (exact) mass is 1050 g/mol. The second-order valence-electron chi connectivity index (χ2n) is 16.0. The van der Waals surface area contributed by atoms with E-state index in [1.807, 2.05) is 48.5 Å². The van der Waals surface area contributed by atoms with Crippen molar-refractivity contribution in [3.8, 4) is 22.4 Å². The molecule has 1 heterocycles. The highest BCUT2D eigenvalue weighted by atomic mass is 19.2. The van der Waals surface area contributed by atoms with Crippen molar-refractivity contribution in [3.05, 3.63) is 231 Å². The molecular weight excluding hydrogens is 1030 g/mol. The largest absolute Gasteiger partial charge is 0.287 e. The summed E-state index contributed by atoms with van der Waals surface area (Å²) in [5, 5.41) is 1.12. The zero-order valence-corrected chi connectivity index (χ0v) is 36.1. The Morgan fingerprint density at radius 1 is 0.324 bits per heavy atom. The lowest BCUT2D eigenvalue weighted by Crippen LogP contribution is -2.81. The predicted octanol–water partition coefficient (Wildman–Crippen LogP) is 11.6. The molecule has 0 N–H and O–H groups in total. The van der Waals surface area contributed by atoms with Crippen LogP contribution >= 0.6 is 0 Å². The summed E-state index contributed by atoms with van der Waals surface area (Å²) in [5.74, 6) is -71.3. The summed E-state index contributed by atoms with van der Waals surface area (Å²) in [6, 6.07) is 36.8. The second kappa shape index (κ2) is 19.6. The van der Waals surface area contributed by atoms with Crippen LogP contribution in [0, 0.1) is 116 Å². The van der Waals surface area contributed by atoms with Gasteiger partial charge < -0.3 is 0 Å². The third kappa shape index (κ3) is 8.13. The Balaban J connectivity index is 0.000000215. The fourth-order valence-corrected chi connectivity index (χ4v) is 8.78. The van der Waals surface area contributed by atoms with Gasteiger partial charge in [0.05, 0.1) is 0 Å². The molecule has 2 aliphatic carbocycles. The molecule has 7 aromatic rings. The molecular formula is C51H20BF20NO. The van der Waals surface area contributed by atoms with Crippen LogP contribution in [0.2, 0.25) is 0 Å². The molecule has 0 saturated carbocycles. The molecule has 0 unspecified atom stereocenters. The number of hydrogen-bond donors (Lipinski definition) is 0. The Morgan fingerprint density at radius 3 is 0.973 bits per heavy atom. The van der Waals surface area contributed by atoms with E-state index in [4.69, 9.17) is 0 Å². The van der Waals surface area contributed by atoms with Crippen LogP contribution in [0.25, 0.3) is 33.3 Å². The highest BCUT2D eigenvalue weighted by Crippen LogP contribution is 2.33. The Kier molecular flexibility index (Phi) is 13.8. The SMILES string of the molecule is Fc1c(F)c(F)c([B-](c2c(F)c(F)c(F)c(F)c2F)(c2c(F)c(F)c(F)c(F)c2F)c2c(F)c(F)c(F)c(F)c2F)c(F)c1F.O=C(C[n+]1c(-c2cc3cccccc-3c2)ccc2ccccc21)c1ccccc1. The number of rotatable bonds is 8. The van der Waals surface area contributed by atoms with Gasteiger partial charge in [-0.25, -0.2) is 87.8 Å². The van der Waals surface area contributed by atoms with Crippen molar-refractivity contribution in [2.24, 2.45) is 0 Å². The molecule has 1 aromatic heterocycles. The van der Waals surface area contributed by atoms with Gasteiger partial charge in [0.25, 0.3) is 0 Å². The van der Waals surface area contributed by atoms with Crippen LogP contribution in [0.1, 0.15) is 10.4 Å². The van der Waals surface area contributed by atoms with Gasteiger partial charge in [-0.15, -0.1) is 21.9 Å². The standard InChI is InChI=1S/C27H20NO.C24BF20/c29-27(21-10-3-1-4-11-21)19-28-25-14-8-7-9-20(25)15-16-26(28)24-17-22-12-5-2-6-13-23(22)18-24;26-5-1(6(27)14(35)21(42)13(5)34)25(2-7(28)15(36)22(43)16(37)8(2)29,3-9(30)17(38)23(44)18(39)10(3)31)4-11(32)19(40)24(45)20(41)12(4)33/h1-18H,19H2;/q+1;-1. The van der Waals surface area contributed by atoms with Gasteiger partial charge in [-0.05, 0) is 35.4 Å². The number of nitrogens with zero attached hydrogens (tertiary/aromatic N) is 1. The van der Waals surface area contributed by atoms with E-state index in [2.05, 4.69) is 65.2 Å². The summed E-state index contributed by atoms with van der Waals surface area (Å²) in [6.07, 6.45) is -7.22. The van der Waals surface area contributed by atoms with Crippen LogP contribution in [0.4, 0.5) is 87.8 Å². The number of Topliss-reactive ketones (excluding diaryl/α,β-unsaturated/α-hetero) is 1. The summed E-state index contributed by atoms with van der Waals surface area (Å²) < 4.78 is 296. The first-order chi connectivity index (χ1) is 35.0. The average Bonchev–Trinajstić information content (AvgIpc) is 3.68. The molecule has 6 aromatic carbocycles. The van der Waals surface area contributed by atoms with Crippen LogP contribution in [0.5, 0.6) is 0 Å². The minimum Gasteiger partial charge on any atom is -0.287 e. The number of carbonyl (C=O) groups is 1. The normalized spacial score (nSPS) is 11.6. The molecule has 0 spiro atoms. The Morgan fingerprint density at radius 2 is 0.622 bits per heavy atom. The van der Waals surface area contributed by atoms with E-state index in [9.17, 15) is 57.5 Å². The van der Waals surface area contributed by atoms with E-state index in [-0.39, 0.29) is 5.78 Å². The lowest BCUT2D eigenvalue weighted by Gasteiger charge is -2.44. The molecule has 0 bridgehead atoms. The third-order valence-corrected chi connectivity index (χ3v) is 12.1. The molecule has 0 atom stereocenters. The third-order valence-electron chi connectivity index (χ3n) is 12.1. The van der Waals surface area contributed by atoms with Crippen LogP contribution in [0.15, 0.2) is 109 Å². The Bertz CT molecular complexity index is 3330. The zero-order chi connectivity index (χ0) is 54.0. The first-order valence-corrected chi connectivity index (χ1v) is 20.7. The maximum atomic E-state index is 15.4. The summed E-state index contributed by atoms with van der Waals surface area (Å²) in [6.45, 7) is 0.302. The topological polar surface area (TPSA) is 20.9 Å². The summed E-state index contributed by atoms with van der Waals surface area (Å²) in [5.41, 5.74) is -7.98. The van der Waals surface area contributed by atoms with Gasteiger partial charge in [0.1, 0.15) is 52.7 Å². The van der Waals surface area contributed by atoms with E-state index in [1.165, 1.54) is 11.1 Å². The van der Waals surface area contributed by atoms with Crippen LogP contribution < -0.4 is 26.4 Å². The Labute approximate surface area is 401 Å². The number of para-hydroxylation sites is 1. The number of hydrogen-bond acceptors (Lipinski definition) is 1. The van der Waals surface area contributed by atoms with Gasteiger partial charge in [0.2, 0.25) is 23.5 Å². The van der Waals surface area contributed by atoms with Crippen molar-refractivity contribution < 1.29 is 97.2 Å². The lowest BCUT2D eigenvalue weighted by molar-refractivity contribution is -0.646. The number of fused-ring (bicyclic) bond motifs is 2. The second-order valence-corrected chi connectivity index (χ2v) is 16.0. The van der Waals surface area contributed by atoms with Crippen LogP contribution in [-0.4, -0.2) is 11.9 Å². The average molecular weight is 1050 g/mol. The predicted molar refractivity (Wildman–Crippen MR) is 226 cm³/mol. The number of aromatic nitrogens is 1. The fourth-order valence-electron chi connectivity index (χ4n) is 8.78. The first kappa shape index (κ1) is 52.1. The van der Waals surface area contributed by atoms with Gasteiger partial charge in [-0.2, -0.15) is 4.57 Å². The van der Waals surface area contributed by atoms with Crippen molar-refractivity contribution in [1.29, 1.82) is 0 Å². The van der Waals surface area contributed by atoms with E-state index in [0.29, 0.717) is 6.54 Å². The van der Waals surface area contributed by atoms with E-state index in [0.717, 1.165) is 27.7 Å². The number of halogens is 20. The van der Waals surface area contributed by atoms with E-state index in [1.54, 1.807) is 0 Å². The molecule has 0 radical (unpaired) electrons. The van der Waals surface area contributed by atoms with E-state index >= 15 is 35.1 Å². The van der Waals surface area contributed by atoms with Crippen molar-refractivity contribution in [2.75, 3.05) is 0 Å². The quantitative estimate of drug-likeness (QED) is 0.0371. The summed E-state index contributed by atoms with van der Waals surface area (Å²) >= 11 is 0. The van der Waals surface area contributed by atoms with E-state index < -0.39 is 144 Å². The van der Waals surface area contributed by atoms with Gasteiger partial charge >= 0.3 is 0 Å². The molecule has 23 heteroatoms. The summed E-state index contributed by atoms with van der Waals surface area (Å²) in [4.78, 5) is 13.0. The van der Waals surface area contributed by atoms with Gasteiger partial charge in [0.15, 0.2) is 69.8 Å². The van der Waals surface area contributed by atoms with Gasteiger partial charge in [0, 0.05) is 28.6 Å². The lowest BCUT2D eigenvalue weighted by atomic mass is 9.12. The van der Waals surface area contributed by atoms with Gasteiger partial charge in [-0.1, -0.05) is 72.8 Å². The smallest absolute Gasteiger partial charge is 0.227 e. The Hall–Kier alpha value is -8.24. The van der Waals surface area contributed by atoms with Crippen molar-refractivity contribution in [1.82, 2.24) is 0 Å². The molecule has 0 amide bonds. The highest BCUT2D eigenvalue weighted by molar-refractivity contribution is 7.20. The molecule has 0 aliphatic heterocycles. The molecule has 2 aliphatic rings. The molecule has 0 fully saturated rings. The van der Waals surface area contributed by atoms with Gasteiger partial charge in [-0.3, -0.25) is 4.79 Å². The van der Waals surface area contributed by atoms with Crippen molar-refractivity contribution >= 4 is 44.7 Å². The minimum atomic E-state index is -7.22. The fraction of sp³-hybridized carbons (Fsp3) is 0.0196. The number of pyridine rings is 1. The highest BCUT2D eigenvalue weighted by Gasteiger charge is 2.52. The molecule has 9 rings (SSSR count). The molecule has 378 valence electrons. The van der Waals surface area contributed by atoms with Crippen molar-refractivity contribution in [2.45, 2.75) is 6.54 Å². The summed E-state index contributed by atoms with van der Waals surface area (Å²) in [7, 11) is 0. The molecule has 2 nitrogen and oxygen atoms in total. The van der Waals surface area contributed by atoms with Crippen LogP contribution in [0.3, 0.4) is 0 Å². The zero-order valence-electron chi connectivity index (χ0n) is 36.1. The first-order valence-electron chi connectivity index (χ1n) is 20.7. The number of ketones is 1. The maximum absolute atomic E-state index is 15.4. The maximum Gasteiger partial charge on any atom is 0.227 e. The minimum absolute atomic E-state index is 0.107. The number of carbonyl (C=O) groups excluding carboxylic acids is 1. The van der Waals surface area contributed by atoms with Crippen molar-refractivity contribution in [3.63, 3.8) is 0 Å².